The highest BCUT2D eigenvalue weighted by Gasteiger charge is 2.18. The van der Waals surface area contributed by atoms with Crippen molar-refractivity contribution in [3.63, 3.8) is 0 Å². The monoisotopic (exact) mass is 391 g/mol. The van der Waals surface area contributed by atoms with Crippen LogP contribution >= 0.6 is 34.7 Å². The Bertz CT molecular complexity index is 837. The SMILES string of the molecule is CCCn1c(SCc2ccc(Cl)cc2)nnc1-c1csc(C)c1CC. The minimum Gasteiger partial charge on any atom is -0.302 e. The van der Waals surface area contributed by atoms with Crippen LogP contribution in [0.5, 0.6) is 0 Å². The third-order valence-electron chi connectivity index (χ3n) is 4.14. The lowest BCUT2D eigenvalue weighted by Gasteiger charge is -2.09. The quantitative estimate of drug-likeness (QED) is 0.447. The van der Waals surface area contributed by atoms with Crippen molar-refractivity contribution in [2.24, 2.45) is 0 Å². The van der Waals surface area contributed by atoms with Crippen LogP contribution in [-0.4, -0.2) is 14.8 Å². The average Bonchev–Trinajstić information content (AvgIpc) is 3.17. The molecular formula is C19H22ClN3S2. The maximum Gasteiger partial charge on any atom is 0.191 e. The zero-order valence-electron chi connectivity index (χ0n) is 14.8. The van der Waals surface area contributed by atoms with E-state index in [1.165, 1.54) is 21.6 Å². The molecule has 0 N–H and O–H groups in total. The van der Waals surface area contributed by atoms with Crippen LogP contribution in [0.25, 0.3) is 11.4 Å². The van der Waals surface area contributed by atoms with E-state index < -0.39 is 0 Å². The Hall–Kier alpha value is -1.30. The van der Waals surface area contributed by atoms with Crippen molar-refractivity contribution < 1.29 is 0 Å². The van der Waals surface area contributed by atoms with E-state index in [4.69, 9.17) is 11.6 Å². The third-order valence-corrected chi connectivity index (χ3v) is 6.39. The Labute approximate surface area is 162 Å². The lowest BCUT2D eigenvalue weighted by molar-refractivity contribution is 0.626. The molecule has 0 saturated carbocycles. The third kappa shape index (κ3) is 4.10. The normalized spacial score (nSPS) is 11.2. The van der Waals surface area contributed by atoms with E-state index in [0.29, 0.717) is 0 Å². The summed E-state index contributed by atoms with van der Waals surface area (Å²) in [6.07, 6.45) is 2.08. The topological polar surface area (TPSA) is 30.7 Å². The Morgan fingerprint density at radius 3 is 2.60 bits per heavy atom. The molecule has 132 valence electrons. The second-order valence-corrected chi connectivity index (χ2v) is 8.37. The van der Waals surface area contributed by atoms with Gasteiger partial charge in [-0.1, -0.05) is 49.3 Å². The molecule has 3 rings (SSSR count). The second kappa shape index (κ2) is 8.39. The van der Waals surface area contributed by atoms with Gasteiger partial charge in [0, 0.05) is 33.1 Å². The van der Waals surface area contributed by atoms with Gasteiger partial charge in [0.1, 0.15) is 0 Å². The highest BCUT2D eigenvalue weighted by atomic mass is 35.5. The number of rotatable bonds is 7. The summed E-state index contributed by atoms with van der Waals surface area (Å²) >= 11 is 9.49. The van der Waals surface area contributed by atoms with Crippen molar-refractivity contribution >= 4 is 34.7 Å². The summed E-state index contributed by atoms with van der Waals surface area (Å²) < 4.78 is 2.27. The van der Waals surface area contributed by atoms with E-state index in [0.717, 1.165) is 41.1 Å². The summed E-state index contributed by atoms with van der Waals surface area (Å²) in [6.45, 7) is 7.51. The minimum absolute atomic E-state index is 0.769. The van der Waals surface area contributed by atoms with Gasteiger partial charge in [-0.2, -0.15) is 0 Å². The Morgan fingerprint density at radius 1 is 1.16 bits per heavy atom. The van der Waals surface area contributed by atoms with Crippen molar-refractivity contribution in [2.75, 3.05) is 0 Å². The molecule has 0 saturated heterocycles. The Balaban J connectivity index is 1.87. The van der Waals surface area contributed by atoms with Gasteiger partial charge < -0.3 is 4.57 Å². The number of halogens is 1. The van der Waals surface area contributed by atoms with Crippen LogP contribution < -0.4 is 0 Å². The number of hydrogen-bond acceptors (Lipinski definition) is 4. The van der Waals surface area contributed by atoms with Crippen molar-refractivity contribution in [2.45, 2.75) is 51.1 Å². The highest BCUT2D eigenvalue weighted by molar-refractivity contribution is 7.98. The molecule has 0 spiro atoms. The van der Waals surface area contributed by atoms with Gasteiger partial charge in [0.15, 0.2) is 11.0 Å². The van der Waals surface area contributed by atoms with Crippen molar-refractivity contribution in [3.05, 3.63) is 50.7 Å². The maximum atomic E-state index is 5.96. The molecule has 3 nitrogen and oxygen atoms in total. The highest BCUT2D eigenvalue weighted by Crippen LogP contribution is 2.33. The van der Waals surface area contributed by atoms with Crippen molar-refractivity contribution in [1.82, 2.24) is 14.8 Å². The molecular weight excluding hydrogens is 370 g/mol. The van der Waals surface area contributed by atoms with Gasteiger partial charge in [0.25, 0.3) is 0 Å². The Kier molecular flexibility index (Phi) is 6.20. The van der Waals surface area contributed by atoms with Gasteiger partial charge >= 0.3 is 0 Å². The lowest BCUT2D eigenvalue weighted by Crippen LogP contribution is -2.02. The van der Waals surface area contributed by atoms with Gasteiger partial charge in [0.2, 0.25) is 0 Å². The molecule has 0 amide bonds. The molecule has 2 heterocycles. The summed E-state index contributed by atoms with van der Waals surface area (Å²) in [5.41, 5.74) is 3.87. The number of hydrogen-bond donors (Lipinski definition) is 0. The molecule has 0 fully saturated rings. The molecule has 0 unspecified atom stereocenters. The number of benzene rings is 1. The van der Waals surface area contributed by atoms with Crippen molar-refractivity contribution in [3.8, 4) is 11.4 Å². The van der Waals surface area contributed by atoms with Crippen LogP contribution in [0.2, 0.25) is 5.02 Å². The van der Waals surface area contributed by atoms with E-state index in [2.05, 4.69) is 53.0 Å². The van der Waals surface area contributed by atoms with Gasteiger partial charge in [0.05, 0.1) is 0 Å². The predicted molar refractivity (Wildman–Crippen MR) is 109 cm³/mol. The first kappa shape index (κ1) is 18.5. The first-order chi connectivity index (χ1) is 12.1. The molecule has 0 aliphatic heterocycles. The van der Waals surface area contributed by atoms with Crippen LogP contribution in [0.15, 0.2) is 34.8 Å². The zero-order valence-corrected chi connectivity index (χ0v) is 17.1. The smallest absolute Gasteiger partial charge is 0.191 e. The lowest BCUT2D eigenvalue weighted by atomic mass is 10.1. The number of thiophene rings is 1. The molecule has 2 aromatic heterocycles. The maximum absolute atomic E-state index is 5.96. The number of thioether (sulfide) groups is 1. The zero-order chi connectivity index (χ0) is 17.8. The fourth-order valence-electron chi connectivity index (χ4n) is 2.85. The molecule has 0 bridgehead atoms. The standard InChI is InChI=1S/C19H22ClN3S2/c1-4-10-23-18(17-12-24-13(3)16(17)5-2)21-22-19(23)25-11-14-6-8-15(20)9-7-14/h6-9,12H,4-5,10-11H2,1-3H3. The van der Waals surface area contributed by atoms with Gasteiger partial charge in [-0.25, -0.2) is 0 Å². The van der Waals surface area contributed by atoms with E-state index in [1.54, 1.807) is 23.1 Å². The summed E-state index contributed by atoms with van der Waals surface area (Å²) in [7, 11) is 0. The van der Waals surface area contributed by atoms with E-state index >= 15 is 0 Å². The van der Waals surface area contributed by atoms with E-state index in [9.17, 15) is 0 Å². The van der Waals surface area contributed by atoms with Gasteiger partial charge in [-0.05, 0) is 43.0 Å². The van der Waals surface area contributed by atoms with E-state index in [1.807, 2.05) is 12.1 Å². The molecule has 1 aromatic carbocycles. The van der Waals surface area contributed by atoms with Crippen LogP contribution in [0, 0.1) is 6.92 Å². The molecule has 3 aromatic rings. The molecule has 25 heavy (non-hydrogen) atoms. The number of aromatic nitrogens is 3. The first-order valence-electron chi connectivity index (χ1n) is 8.51. The van der Waals surface area contributed by atoms with E-state index in [-0.39, 0.29) is 0 Å². The summed E-state index contributed by atoms with van der Waals surface area (Å²) in [5.74, 6) is 1.86. The molecule has 0 atom stereocenters. The summed E-state index contributed by atoms with van der Waals surface area (Å²) in [4.78, 5) is 1.37. The number of nitrogens with zero attached hydrogens (tertiary/aromatic N) is 3. The fourth-order valence-corrected chi connectivity index (χ4v) is 4.84. The van der Waals surface area contributed by atoms with Crippen LogP contribution in [0.1, 0.15) is 36.3 Å². The van der Waals surface area contributed by atoms with Crippen LogP contribution in [0.3, 0.4) is 0 Å². The molecule has 0 aliphatic carbocycles. The van der Waals surface area contributed by atoms with Crippen LogP contribution in [0.4, 0.5) is 0 Å². The summed E-state index contributed by atoms with van der Waals surface area (Å²) in [6, 6.07) is 7.99. The second-order valence-electron chi connectivity index (χ2n) is 5.91. The number of aryl methyl sites for hydroxylation is 1. The van der Waals surface area contributed by atoms with Crippen molar-refractivity contribution in [1.29, 1.82) is 0 Å². The molecule has 0 aliphatic rings. The van der Waals surface area contributed by atoms with Gasteiger partial charge in [-0.3, -0.25) is 0 Å². The summed E-state index contributed by atoms with van der Waals surface area (Å²) in [5, 5.41) is 13.0. The average molecular weight is 392 g/mol. The van der Waals surface area contributed by atoms with Gasteiger partial charge in [-0.15, -0.1) is 21.5 Å². The fraction of sp³-hybridized carbons (Fsp3) is 0.368. The Morgan fingerprint density at radius 2 is 1.92 bits per heavy atom. The largest absolute Gasteiger partial charge is 0.302 e. The molecule has 0 radical (unpaired) electrons. The molecule has 6 heteroatoms. The predicted octanol–water partition coefficient (Wildman–Crippen LogP) is 6.23. The minimum atomic E-state index is 0.769. The first-order valence-corrected chi connectivity index (χ1v) is 10.8. The van der Waals surface area contributed by atoms with Crippen LogP contribution in [-0.2, 0) is 18.7 Å².